The Hall–Kier alpha value is -1.86. The topological polar surface area (TPSA) is 55.3 Å². The van der Waals surface area contributed by atoms with Crippen LogP contribution in [0.5, 0.6) is 0 Å². The fraction of sp³-hybridized carbons (Fsp3) is 0.688. The molecule has 1 fully saturated rings. The zero-order valence-electron chi connectivity index (χ0n) is 13.7. The van der Waals surface area contributed by atoms with Crippen LogP contribution in [0.4, 0.5) is 19.0 Å². The summed E-state index contributed by atoms with van der Waals surface area (Å²) >= 11 is 0. The number of carbonyl (C=O) groups excluding carboxylic acids is 1. The molecule has 0 amide bonds. The van der Waals surface area contributed by atoms with E-state index in [1.807, 2.05) is 4.90 Å². The third kappa shape index (κ3) is 5.65. The Morgan fingerprint density at radius 1 is 1.33 bits per heavy atom. The summed E-state index contributed by atoms with van der Waals surface area (Å²) in [6.07, 6.45) is -0.225. The van der Waals surface area contributed by atoms with E-state index >= 15 is 0 Å². The van der Waals surface area contributed by atoms with Gasteiger partial charge in [-0.1, -0.05) is 0 Å². The van der Waals surface area contributed by atoms with Crippen molar-refractivity contribution in [3.05, 3.63) is 18.1 Å². The van der Waals surface area contributed by atoms with Crippen molar-refractivity contribution in [1.82, 2.24) is 9.97 Å². The van der Waals surface area contributed by atoms with Crippen LogP contribution in [0.3, 0.4) is 0 Å². The van der Waals surface area contributed by atoms with E-state index in [1.54, 1.807) is 13.1 Å². The number of hydrogen-bond donors (Lipinski definition) is 0. The average molecular weight is 345 g/mol. The van der Waals surface area contributed by atoms with Crippen LogP contribution in [0.25, 0.3) is 0 Å². The molecule has 1 aliphatic rings. The first-order chi connectivity index (χ1) is 11.4. The summed E-state index contributed by atoms with van der Waals surface area (Å²) in [6, 6.07) is 0. The van der Waals surface area contributed by atoms with Crippen LogP contribution in [0.2, 0.25) is 0 Å². The highest BCUT2D eigenvalue weighted by Gasteiger charge is 2.27. The van der Waals surface area contributed by atoms with Crippen LogP contribution in [-0.2, 0) is 16.0 Å². The first kappa shape index (κ1) is 18.5. The van der Waals surface area contributed by atoms with Gasteiger partial charge in [0.05, 0.1) is 24.4 Å². The summed E-state index contributed by atoms with van der Waals surface area (Å²) in [5, 5.41) is 0. The third-order valence-corrected chi connectivity index (χ3v) is 4.00. The molecule has 134 valence electrons. The van der Waals surface area contributed by atoms with E-state index in [0.29, 0.717) is 44.0 Å². The number of halogens is 3. The van der Waals surface area contributed by atoms with Gasteiger partial charge >= 0.3 is 12.1 Å². The molecule has 0 N–H and O–H groups in total. The van der Waals surface area contributed by atoms with Gasteiger partial charge in [-0.05, 0) is 32.6 Å². The fourth-order valence-electron chi connectivity index (χ4n) is 2.74. The van der Waals surface area contributed by atoms with Crippen molar-refractivity contribution in [2.75, 3.05) is 24.6 Å². The highest BCUT2D eigenvalue weighted by atomic mass is 19.4. The zero-order valence-corrected chi connectivity index (χ0v) is 13.7. The van der Waals surface area contributed by atoms with Gasteiger partial charge in [0.25, 0.3) is 0 Å². The highest BCUT2D eigenvalue weighted by Crippen LogP contribution is 2.24. The molecule has 8 heteroatoms. The number of nitrogens with zero attached hydrogens (tertiary/aromatic N) is 3. The average Bonchev–Trinajstić information content (AvgIpc) is 2.54. The van der Waals surface area contributed by atoms with Gasteiger partial charge in [-0.3, -0.25) is 9.78 Å². The van der Waals surface area contributed by atoms with Crippen LogP contribution in [0, 0.1) is 5.92 Å². The second-order valence-electron chi connectivity index (χ2n) is 5.85. The van der Waals surface area contributed by atoms with Crippen molar-refractivity contribution >= 4 is 11.8 Å². The predicted molar refractivity (Wildman–Crippen MR) is 82.6 cm³/mol. The number of hydrogen-bond acceptors (Lipinski definition) is 5. The van der Waals surface area contributed by atoms with E-state index in [1.165, 1.54) is 6.20 Å². The van der Waals surface area contributed by atoms with Gasteiger partial charge in [0.1, 0.15) is 5.82 Å². The molecule has 5 nitrogen and oxygen atoms in total. The normalized spacial score (nSPS) is 16.2. The number of rotatable bonds is 6. The number of carbonyl (C=O) groups is 1. The van der Waals surface area contributed by atoms with Crippen LogP contribution in [-0.4, -0.2) is 41.8 Å². The molecular formula is C16H22F3N3O2. The summed E-state index contributed by atoms with van der Waals surface area (Å²) in [5.41, 5.74) is 0.560. The minimum atomic E-state index is -4.14. The lowest BCUT2D eigenvalue weighted by molar-refractivity contribution is -0.148. The van der Waals surface area contributed by atoms with Crippen molar-refractivity contribution in [3.63, 3.8) is 0 Å². The van der Waals surface area contributed by atoms with E-state index in [4.69, 9.17) is 4.74 Å². The molecular weight excluding hydrogens is 323 g/mol. The first-order valence-electron chi connectivity index (χ1n) is 8.18. The maximum Gasteiger partial charge on any atom is 0.389 e. The summed E-state index contributed by atoms with van der Waals surface area (Å²) in [5.74, 6) is 0.398. The smallest absolute Gasteiger partial charge is 0.389 e. The lowest BCUT2D eigenvalue weighted by atomic mass is 9.97. The van der Waals surface area contributed by atoms with Crippen molar-refractivity contribution in [2.45, 2.75) is 45.2 Å². The number of aromatic nitrogens is 2. The van der Waals surface area contributed by atoms with Crippen LogP contribution < -0.4 is 4.90 Å². The van der Waals surface area contributed by atoms with Gasteiger partial charge in [0.15, 0.2) is 0 Å². The maximum atomic E-state index is 12.2. The molecule has 0 saturated carbocycles. The molecule has 0 aromatic carbocycles. The molecule has 1 aromatic rings. The Kier molecular flexibility index (Phi) is 6.39. The van der Waals surface area contributed by atoms with E-state index in [9.17, 15) is 18.0 Å². The lowest BCUT2D eigenvalue weighted by Gasteiger charge is -2.31. The number of esters is 1. The SMILES string of the molecule is CCOC(=O)C1CCN(c2cncc(CCCC(F)(F)F)n2)CC1. The molecule has 1 saturated heterocycles. The molecule has 0 spiro atoms. The molecule has 24 heavy (non-hydrogen) atoms. The van der Waals surface area contributed by atoms with Gasteiger partial charge in [-0.15, -0.1) is 0 Å². The van der Waals surface area contributed by atoms with Gasteiger partial charge in [0.2, 0.25) is 0 Å². The summed E-state index contributed by atoms with van der Waals surface area (Å²) < 4.78 is 41.6. The predicted octanol–water partition coefficient (Wildman–Crippen LogP) is 3.14. The fourth-order valence-corrected chi connectivity index (χ4v) is 2.74. The maximum absolute atomic E-state index is 12.2. The quantitative estimate of drug-likeness (QED) is 0.742. The number of anilines is 1. The zero-order chi connectivity index (χ0) is 17.6. The molecule has 0 bridgehead atoms. The number of ether oxygens (including phenoxy) is 1. The Balaban J connectivity index is 1.87. The first-order valence-corrected chi connectivity index (χ1v) is 8.18. The Labute approximate surface area is 139 Å². The molecule has 0 radical (unpaired) electrons. The third-order valence-electron chi connectivity index (χ3n) is 4.00. The monoisotopic (exact) mass is 345 g/mol. The minimum absolute atomic E-state index is 0.00651. The molecule has 0 aliphatic carbocycles. The minimum Gasteiger partial charge on any atom is -0.466 e. The second-order valence-corrected chi connectivity index (χ2v) is 5.85. The molecule has 0 unspecified atom stereocenters. The number of piperidine rings is 1. The molecule has 1 aliphatic heterocycles. The van der Waals surface area contributed by atoms with Gasteiger partial charge in [-0.25, -0.2) is 4.98 Å². The van der Waals surface area contributed by atoms with Crippen molar-refractivity contribution in [3.8, 4) is 0 Å². The van der Waals surface area contributed by atoms with Gasteiger partial charge in [0, 0.05) is 25.7 Å². The van der Waals surface area contributed by atoms with Crippen molar-refractivity contribution in [2.24, 2.45) is 5.92 Å². The largest absolute Gasteiger partial charge is 0.466 e. The summed E-state index contributed by atoms with van der Waals surface area (Å²) in [7, 11) is 0. The van der Waals surface area contributed by atoms with Crippen LogP contribution in [0.1, 0.15) is 38.3 Å². The second kappa shape index (κ2) is 8.30. The highest BCUT2D eigenvalue weighted by molar-refractivity contribution is 5.72. The Bertz CT molecular complexity index is 544. The van der Waals surface area contributed by atoms with E-state index in [-0.39, 0.29) is 24.7 Å². The summed E-state index contributed by atoms with van der Waals surface area (Å²) in [4.78, 5) is 22.2. The van der Waals surface area contributed by atoms with E-state index in [2.05, 4.69) is 9.97 Å². The Morgan fingerprint density at radius 2 is 2.04 bits per heavy atom. The van der Waals surface area contributed by atoms with Crippen molar-refractivity contribution < 1.29 is 22.7 Å². The van der Waals surface area contributed by atoms with Crippen LogP contribution >= 0.6 is 0 Å². The Morgan fingerprint density at radius 3 is 2.67 bits per heavy atom. The standard InChI is InChI=1S/C16H22F3N3O2/c1-2-24-15(23)12-5-8-22(9-6-12)14-11-20-10-13(21-14)4-3-7-16(17,18)19/h10-12H,2-9H2,1H3. The van der Waals surface area contributed by atoms with Crippen LogP contribution in [0.15, 0.2) is 12.4 Å². The molecule has 1 aromatic heterocycles. The van der Waals surface area contributed by atoms with Crippen molar-refractivity contribution in [1.29, 1.82) is 0 Å². The number of aryl methyl sites for hydroxylation is 1. The van der Waals surface area contributed by atoms with E-state index < -0.39 is 12.6 Å². The molecule has 2 heterocycles. The molecule has 0 atom stereocenters. The van der Waals surface area contributed by atoms with E-state index in [0.717, 1.165) is 0 Å². The molecule has 2 rings (SSSR count). The summed E-state index contributed by atoms with van der Waals surface area (Å²) in [6.45, 7) is 3.48. The number of alkyl halides is 3. The lowest BCUT2D eigenvalue weighted by Crippen LogP contribution is -2.37. The van der Waals surface area contributed by atoms with Gasteiger partial charge in [-0.2, -0.15) is 13.2 Å². The van der Waals surface area contributed by atoms with Gasteiger partial charge < -0.3 is 9.64 Å².